The van der Waals surface area contributed by atoms with Crippen LogP contribution in [0, 0.1) is 0 Å². The lowest BCUT2D eigenvalue weighted by Gasteiger charge is -2.03. The van der Waals surface area contributed by atoms with E-state index in [2.05, 4.69) is 11.9 Å². The van der Waals surface area contributed by atoms with E-state index in [1.807, 2.05) is 24.3 Å². The first kappa shape index (κ1) is 13.9. The van der Waals surface area contributed by atoms with Crippen molar-refractivity contribution in [2.45, 2.75) is 39.0 Å². The van der Waals surface area contributed by atoms with Gasteiger partial charge in [0.25, 0.3) is 5.56 Å². The molecule has 3 aromatic rings. The summed E-state index contributed by atoms with van der Waals surface area (Å²) < 4.78 is 7.51. The standard InChI is InChI=1S/C17H20N2O2/c1-3-4-5-6-11-14-18-15-16(21-14)12-9-7-8-10-13(12)19(2)17(15)20/h7-10H,3-6,11H2,1-2H3. The molecule has 3 rings (SSSR count). The van der Waals surface area contributed by atoms with Crippen LogP contribution >= 0.6 is 0 Å². The molecule has 2 heterocycles. The summed E-state index contributed by atoms with van der Waals surface area (Å²) in [5, 5.41) is 0.946. The lowest BCUT2D eigenvalue weighted by atomic mass is 10.1. The molecular weight excluding hydrogens is 264 g/mol. The van der Waals surface area contributed by atoms with Crippen LogP contribution in [-0.2, 0) is 13.5 Å². The van der Waals surface area contributed by atoms with Gasteiger partial charge in [-0.2, -0.15) is 0 Å². The molecule has 0 unspecified atom stereocenters. The van der Waals surface area contributed by atoms with Crippen molar-refractivity contribution in [3.8, 4) is 0 Å². The molecule has 0 radical (unpaired) electrons. The number of aromatic nitrogens is 2. The van der Waals surface area contributed by atoms with Crippen LogP contribution in [0.5, 0.6) is 0 Å². The average Bonchev–Trinajstić information content (AvgIpc) is 2.94. The molecular formula is C17H20N2O2. The first-order valence-electron chi connectivity index (χ1n) is 7.59. The zero-order valence-electron chi connectivity index (χ0n) is 12.6. The largest absolute Gasteiger partial charge is 0.440 e. The molecule has 0 aliphatic rings. The first-order valence-corrected chi connectivity index (χ1v) is 7.59. The van der Waals surface area contributed by atoms with Crippen LogP contribution in [0.3, 0.4) is 0 Å². The topological polar surface area (TPSA) is 48.0 Å². The fourth-order valence-corrected chi connectivity index (χ4v) is 2.73. The van der Waals surface area contributed by atoms with Crippen molar-refractivity contribution in [3.63, 3.8) is 0 Å². The van der Waals surface area contributed by atoms with Gasteiger partial charge in [0.1, 0.15) is 0 Å². The van der Waals surface area contributed by atoms with Crippen LogP contribution in [0.25, 0.3) is 22.0 Å². The van der Waals surface area contributed by atoms with Gasteiger partial charge in [0.15, 0.2) is 17.0 Å². The Bertz CT molecular complexity index is 830. The molecule has 0 aliphatic carbocycles. The highest BCUT2D eigenvalue weighted by Crippen LogP contribution is 2.23. The van der Waals surface area contributed by atoms with Crippen LogP contribution in [0.15, 0.2) is 33.5 Å². The Balaban J connectivity index is 2.06. The highest BCUT2D eigenvalue weighted by molar-refractivity contribution is 6.00. The lowest BCUT2D eigenvalue weighted by Crippen LogP contribution is -2.17. The van der Waals surface area contributed by atoms with Crippen LogP contribution < -0.4 is 5.56 Å². The normalized spacial score (nSPS) is 11.5. The third-order valence-corrected chi connectivity index (χ3v) is 3.93. The van der Waals surface area contributed by atoms with Crippen molar-refractivity contribution in [2.24, 2.45) is 7.05 Å². The number of nitrogens with zero attached hydrogens (tertiary/aromatic N) is 2. The monoisotopic (exact) mass is 284 g/mol. The molecule has 0 amide bonds. The van der Waals surface area contributed by atoms with E-state index in [0.29, 0.717) is 17.0 Å². The maximum Gasteiger partial charge on any atom is 0.280 e. The van der Waals surface area contributed by atoms with Crippen LogP contribution in [0.2, 0.25) is 0 Å². The number of unbranched alkanes of at least 4 members (excludes halogenated alkanes) is 3. The Kier molecular flexibility index (Phi) is 3.78. The van der Waals surface area contributed by atoms with Crippen molar-refractivity contribution < 1.29 is 4.42 Å². The van der Waals surface area contributed by atoms with Gasteiger partial charge in [-0.1, -0.05) is 38.3 Å². The Morgan fingerprint density at radius 2 is 2.00 bits per heavy atom. The highest BCUT2D eigenvalue weighted by atomic mass is 16.3. The SMILES string of the molecule is CCCCCCc1nc2c(=O)n(C)c3ccccc3c2o1. The number of pyridine rings is 1. The molecule has 0 saturated carbocycles. The minimum absolute atomic E-state index is 0.0905. The molecule has 0 fully saturated rings. The number of benzene rings is 1. The molecule has 21 heavy (non-hydrogen) atoms. The van der Waals surface area contributed by atoms with Gasteiger partial charge < -0.3 is 8.98 Å². The number of hydrogen-bond acceptors (Lipinski definition) is 3. The predicted molar refractivity (Wildman–Crippen MR) is 84.6 cm³/mol. The Morgan fingerprint density at radius 1 is 1.19 bits per heavy atom. The number of aryl methyl sites for hydroxylation is 2. The van der Waals surface area contributed by atoms with Crippen molar-refractivity contribution in [1.29, 1.82) is 0 Å². The van der Waals surface area contributed by atoms with Crippen LogP contribution in [-0.4, -0.2) is 9.55 Å². The fraction of sp³-hybridized carbons (Fsp3) is 0.412. The summed E-state index contributed by atoms with van der Waals surface area (Å²) >= 11 is 0. The molecule has 0 N–H and O–H groups in total. The summed E-state index contributed by atoms with van der Waals surface area (Å²) in [6, 6.07) is 7.79. The second-order valence-corrected chi connectivity index (χ2v) is 5.48. The van der Waals surface area contributed by atoms with Gasteiger partial charge in [0.2, 0.25) is 0 Å². The minimum Gasteiger partial charge on any atom is -0.440 e. The second kappa shape index (κ2) is 5.72. The van der Waals surface area contributed by atoms with Gasteiger partial charge in [0.05, 0.1) is 5.52 Å². The van der Waals surface area contributed by atoms with Crippen LogP contribution in [0.1, 0.15) is 38.5 Å². The fourth-order valence-electron chi connectivity index (χ4n) is 2.73. The van der Waals surface area contributed by atoms with E-state index in [0.717, 1.165) is 23.7 Å². The summed E-state index contributed by atoms with van der Waals surface area (Å²) in [4.78, 5) is 16.8. The average molecular weight is 284 g/mol. The van der Waals surface area contributed by atoms with E-state index in [-0.39, 0.29) is 5.56 Å². The Labute approximate surface area is 123 Å². The highest BCUT2D eigenvalue weighted by Gasteiger charge is 2.14. The van der Waals surface area contributed by atoms with Crippen molar-refractivity contribution in [2.75, 3.05) is 0 Å². The summed E-state index contributed by atoms with van der Waals surface area (Å²) in [5.74, 6) is 0.676. The molecule has 2 aromatic heterocycles. The Morgan fingerprint density at radius 3 is 2.81 bits per heavy atom. The smallest absolute Gasteiger partial charge is 0.280 e. The summed E-state index contributed by atoms with van der Waals surface area (Å²) in [6.07, 6.45) is 5.46. The summed E-state index contributed by atoms with van der Waals surface area (Å²) in [7, 11) is 1.78. The zero-order valence-corrected chi connectivity index (χ0v) is 12.6. The minimum atomic E-state index is -0.0905. The molecule has 110 valence electrons. The second-order valence-electron chi connectivity index (χ2n) is 5.48. The molecule has 0 aliphatic heterocycles. The quantitative estimate of drug-likeness (QED) is 0.669. The number of oxazole rings is 1. The lowest BCUT2D eigenvalue weighted by molar-refractivity contribution is 0.511. The van der Waals surface area contributed by atoms with E-state index in [1.54, 1.807) is 11.6 Å². The predicted octanol–water partition coefficient (Wildman–Crippen LogP) is 3.80. The number of rotatable bonds is 5. The van der Waals surface area contributed by atoms with Gasteiger partial charge in [-0.3, -0.25) is 4.79 Å². The Hall–Kier alpha value is -2.10. The van der Waals surface area contributed by atoms with E-state index in [4.69, 9.17) is 4.42 Å². The first-order chi connectivity index (χ1) is 10.2. The maximum atomic E-state index is 12.4. The van der Waals surface area contributed by atoms with Crippen molar-refractivity contribution in [1.82, 2.24) is 9.55 Å². The maximum absolute atomic E-state index is 12.4. The van der Waals surface area contributed by atoms with E-state index in [1.165, 1.54) is 19.3 Å². The van der Waals surface area contributed by atoms with E-state index in [9.17, 15) is 4.79 Å². The summed E-state index contributed by atoms with van der Waals surface area (Å²) in [5.41, 5.74) is 1.86. The summed E-state index contributed by atoms with van der Waals surface area (Å²) in [6.45, 7) is 2.19. The number of hydrogen-bond donors (Lipinski definition) is 0. The molecule has 0 bridgehead atoms. The van der Waals surface area contributed by atoms with Gasteiger partial charge in [-0.05, 0) is 18.6 Å². The van der Waals surface area contributed by atoms with Crippen molar-refractivity contribution >= 4 is 22.0 Å². The van der Waals surface area contributed by atoms with Gasteiger partial charge in [-0.25, -0.2) is 4.98 Å². The van der Waals surface area contributed by atoms with Gasteiger partial charge in [0, 0.05) is 18.9 Å². The van der Waals surface area contributed by atoms with Crippen molar-refractivity contribution in [3.05, 3.63) is 40.5 Å². The molecule has 0 spiro atoms. The molecule has 4 heteroatoms. The molecule has 1 aromatic carbocycles. The van der Waals surface area contributed by atoms with Gasteiger partial charge in [-0.15, -0.1) is 0 Å². The van der Waals surface area contributed by atoms with E-state index < -0.39 is 0 Å². The van der Waals surface area contributed by atoms with Crippen LogP contribution in [0.4, 0.5) is 0 Å². The molecule has 0 saturated heterocycles. The molecule has 0 atom stereocenters. The number of para-hydroxylation sites is 1. The van der Waals surface area contributed by atoms with Gasteiger partial charge >= 0.3 is 0 Å². The van der Waals surface area contributed by atoms with E-state index >= 15 is 0 Å². The third-order valence-electron chi connectivity index (χ3n) is 3.93. The number of fused-ring (bicyclic) bond motifs is 3. The molecule has 4 nitrogen and oxygen atoms in total. The third kappa shape index (κ3) is 2.46. The zero-order chi connectivity index (χ0) is 14.8.